The van der Waals surface area contributed by atoms with Crippen LogP contribution in [0.2, 0.25) is 0 Å². The number of amides is 2. The van der Waals surface area contributed by atoms with E-state index in [0.717, 1.165) is 30.6 Å². The number of carbonyl (C=O) groups excluding carboxylic acids is 2. The van der Waals surface area contributed by atoms with E-state index in [1.807, 2.05) is 17.5 Å². The second kappa shape index (κ2) is 10.7. The lowest BCUT2D eigenvalue weighted by Crippen LogP contribution is -2.46. The summed E-state index contributed by atoms with van der Waals surface area (Å²) in [6.45, 7) is 0.0571. The van der Waals surface area contributed by atoms with Gasteiger partial charge in [0.15, 0.2) is 0 Å². The van der Waals surface area contributed by atoms with Gasteiger partial charge in [-0.15, -0.1) is 11.3 Å². The Morgan fingerprint density at radius 2 is 1.73 bits per heavy atom. The molecule has 7 heteroatoms. The van der Waals surface area contributed by atoms with E-state index in [4.69, 9.17) is 0 Å². The molecule has 4 rings (SSSR count). The first-order valence-electron chi connectivity index (χ1n) is 11.1. The standard InChI is InChI=1S/C26H26F2N2O2S/c27-19-13-11-18(12-14-19)17-30(24(31)16-21-8-5-15-33-21)25(22-9-3-4-10-23(22)28)26(32)29-20-6-1-2-7-20/h3-5,8-15,20,25H,1-2,6-7,16-17H2,(H,29,32)/t25-/m1/s1. The average molecular weight is 469 g/mol. The predicted octanol–water partition coefficient (Wildman–Crippen LogP) is 5.40. The molecule has 172 valence electrons. The maximum absolute atomic E-state index is 14.9. The number of nitrogens with zero attached hydrogens (tertiary/aromatic N) is 1. The summed E-state index contributed by atoms with van der Waals surface area (Å²) < 4.78 is 28.4. The van der Waals surface area contributed by atoms with Crippen LogP contribution >= 0.6 is 11.3 Å². The summed E-state index contributed by atoms with van der Waals surface area (Å²) in [5.74, 6) is -1.62. The van der Waals surface area contributed by atoms with Gasteiger partial charge >= 0.3 is 0 Å². The van der Waals surface area contributed by atoms with Gasteiger partial charge in [0.2, 0.25) is 11.8 Å². The fourth-order valence-corrected chi connectivity index (χ4v) is 4.97. The average Bonchev–Trinajstić information content (AvgIpc) is 3.50. The van der Waals surface area contributed by atoms with E-state index in [1.165, 1.54) is 34.4 Å². The van der Waals surface area contributed by atoms with E-state index < -0.39 is 17.8 Å². The molecule has 1 saturated carbocycles. The molecule has 0 spiro atoms. The summed E-state index contributed by atoms with van der Waals surface area (Å²) in [5, 5.41) is 4.92. The molecule has 4 nitrogen and oxygen atoms in total. The van der Waals surface area contributed by atoms with Crippen molar-refractivity contribution in [2.24, 2.45) is 0 Å². The first kappa shape index (κ1) is 23.1. The summed E-state index contributed by atoms with van der Waals surface area (Å²) in [6, 6.07) is 14.4. The first-order valence-corrected chi connectivity index (χ1v) is 12.0. The largest absolute Gasteiger partial charge is 0.351 e. The maximum atomic E-state index is 14.9. The smallest absolute Gasteiger partial charge is 0.247 e. The van der Waals surface area contributed by atoms with Crippen molar-refractivity contribution in [3.63, 3.8) is 0 Å². The normalized spacial score (nSPS) is 14.7. The van der Waals surface area contributed by atoms with E-state index >= 15 is 0 Å². The number of hydrogen-bond acceptors (Lipinski definition) is 3. The Bertz CT molecular complexity index is 1080. The topological polar surface area (TPSA) is 49.4 Å². The minimum atomic E-state index is -1.13. The number of rotatable bonds is 8. The van der Waals surface area contributed by atoms with Crippen molar-refractivity contribution in [2.45, 2.75) is 50.7 Å². The highest BCUT2D eigenvalue weighted by molar-refractivity contribution is 7.10. The number of nitrogens with one attached hydrogen (secondary N) is 1. The molecular formula is C26H26F2N2O2S. The number of carbonyl (C=O) groups is 2. The number of halogens is 2. The van der Waals surface area contributed by atoms with Crippen molar-refractivity contribution in [1.82, 2.24) is 10.2 Å². The third-order valence-electron chi connectivity index (χ3n) is 5.95. The summed E-state index contributed by atoms with van der Waals surface area (Å²) in [7, 11) is 0. The quantitative estimate of drug-likeness (QED) is 0.481. The molecule has 0 aliphatic heterocycles. The van der Waals surface area contributed by atoms with Crippen LogP contribution in [-0.2, 0) is 22.6 Å². The van der Waals surface area contributed by atoms with Gasteiger partial charge in [-0.2, -0.15) is 0 Å². The van der Waals surface area contributed by atoms with Gasteiger partial charge in [0.25, 0.3) is 0 Å². The van der Waals surface area contributed by atoms with Gasteiger partial charge in [-0.05, 0) is 48.1 Å². The molecule has 2 aromatic carbocycles. The van der Waals surface area contributed by atoms with Crippen LogP contribution in [0, 0.1) is 11.6 Å². The molecule has 1 atom stereocenters. The fourth-order valence-electron chi connectivity index (χ4n) is 4.27. The lowest BCUT2D eigenvalue weighted by molar-refractivity contribution is -0.141. The number of hydrogen-bond donors (Lipinski definition) is 1. The van der Waals surface area contributed by atoms with Crippen molar-refractivity contribution >= 4 is 23.2 Å². The molecular weight excluding hydrogens is 442 g/mol. The zero-order valence-electron chi connectivity index (χ0n) is 18.2. The summed E-state index contributed by atoms with van der Waals surface area (Å²) in [5.41, 5.74) is 0.806. The Hall–Kier alpha value is -3.06. The van der Waals surface area contributed by atoms with E-state index in [1.54, 1.807) is 30.3 Å². The van der Waals surface area contributed by atoms with Crippen LogP contribution in [0.25, 0.3) is 0 Å². The van der Waals surface area contributed by atoms with Crippen molar-refractivity contribution in [3.8, 4) is 0 Å². The Morgan fingerprint density at radius 1 is 1.00 bits per heavy atom. The van der Waals surface area contributed by atoms with Gasteiger partial charge in [-0.25, -0.2) is 8.78 Å². The zero-order valence-corrected chi connectivity index (χ0v) is 19.0. The Labute approximate surface area is 196 Å². The number of thiophene rings is 1. The van der Waals surface area contributed by atoms with Crippen LogP contribution in [0.1, 0.15) is 47.7 Å². The molecule has 33 heavy (non-hydrogen) atoms. The minimum absolute atomic E-state index is 0.0202. The van der Waals surface area contributed by atoms with Crippen LogP contribution in [0.5, 0.6) is 0 Å². The monoisotopic (exact) mass is 468 g/mol. The van der Waals surface area contributed by atoms with Gasteiger partial charge in [-0.1, -0.05) is 49.2 Å². The summed E-state index contributed by atoms with van der Waals surface area (Å²) >= 11 is 1.45. The second-order valence-electron chi connectivity index (χ2n) is 8.32. The highest BCUT2D eigenvalue weighted by Crippen LogP contribution is 2.29. The SMILES string of the molecule is O=C(NC1CCCC1)[C@@H](c1ccccc1F)N(Cc1ccc(F)cc1)C(=O)Cc1cccs1. The van der Waals surface area contributed by atoms with Gasteiger partial charge in [0.05, 0.1) is 6.42 Å². The molecule has 3 aromatic rings. The van der Waals surface area contributed by atoms with Gasteiger partial charge in [0, 0.05) is 23.0 Å². The van der Waals surface area contributed by atoms with Crippen molar-refractivity contribution in [3.05, 3.63) is 93.7 Å². The van der Waals surface area contributed by atoms with Crippen molar-refractivity contribution < 1.29 is 18.4 Å². The molecule has 1 aliphatic rings. The molecule has 0 bridgehead atoms. The second-order valence-corrected chi connectivity index (χ2v) is 9.35. The van der Waals surface area contributed by atoms with E-state index in [-0.39, 0.29) is 36.3 Å². The number of benzene rings is 2. The third kappa shape index (κ3) is 5.85. The van der Waals surface area contributed by atoms with E-state index in [0.29, 0.717) is 5.56 Å². The molecule has 1 aromatic heterocycles. The van der Waals surface area contributed by atoms with Crippen LogP contribution in [-0.4, -0.2) is 22.8 Å². The fraction of sp³-hybridized carbons (Fsp3) is 0.308. The van der Waals surface area contributed by atoms with Gasteiger partial charge < -0.3 is 10.2 Å². The molecule has 1 N–H and O–H groups in total. The molecule has 1 fully saturated rings. The van der Waals surface area contributed by atoms with Crippen molar-refractivity contribution in [1.29, 1.82) is 0 Å². The highest BCUT2D eigenvalue weighted by Gasteiger charge is 2.34. The lowest BCUT2D eigenvalue weighted by atomic mass is 10.0. The molecule has 0 unspecified atom stereocenters. The van der Waals surface area contributed by atoms with Crippen LogP contribution in [0.4, 0.5) is 8.78 Å². The first-order chi connectivity index (χ1) is 16.0. The van der Waals surface area contributed by atoms with Gasteiger partial charge in [-0.3, -0.25) is 9.59 Å². The molecule has 2 amide bonds. The predicted molar refractivity (Wildman–Crippen MR) is 125 cm³/mol. The Morgan fingerprint density at radius 3 is 2.39 bits per heavy atom. The van der Waals surface area contributed by atoms with Crippen LogP contribution in [0.15, 0.2) is 66.0 Å². The molecule has 1 aliphatic carbocycles. The maximum Gasteiger partial charge on any atom is 0.247 e. The summed E-state index contributed by atoms with van der Waals surface area (Å²) in [6.07, 6.45) is 3.91. The van der Waals surface area contributed by atoms with E-state index in [2.05, 4.69) is 5.32 Å². The highest BCUT2D eigenvalue weighted by atomic mass is 32.1. The Balaban J connectivity index is 1.71. The molecule has 1 heterocycles. The van der Waals surface area contributed by atoms with Crippen LogP contribution in [0.3, 0.4) is 0 Å². The molecule has 0 radical (unpaired) electrons. The van der Waals surface area contributed by atoms with Crippen molar-refractivity contribution in [2.75, 3.05) is 0 Å². The Kier molecular flexibility index (Phi) is 7.50. The van der Waals surface area contributed by atoms with E-state index in [9.17, 15) is 18.4 Å². The lowest BCUT2D eigenvalue weighted by Gasteiger charge is -2.32. The van der Waals surface area contributed by atoms with Gasteiger partial charge in [0.1, 0.15) is 17.7 Å². The zero-order chi connectivity index (χ0) is 23.2. The molecule has 0 saturated heterocycles. The van der Waals surface area contributed by atoms with Crippen LogP contribution < -0.4 is 5.32 Å². The minimum Gasteiger partial charge on any atom is -0.351 e. The third-order valence-corrected chi connectivity index (χ3v) is 6.83. The summed E-state index contributed by atoms with van der Waals surface area (Å²) in [4.78, 5) is 29.3.